The topological polar surface area (TPSA) is 97.0 Å². The number of morpholine rings is 1. The Kier molecular flexibility index (Phi) is 7.79. The second-order valence-electron chi connectivity index (χ2n) is 6.79. The lowest BCUT2D eigenvalue weighted by Gasteiger charge is -2.28. The first kappa shape index (κ1) is 21.3. The normalized spacial score (nSPS) is 13.4. The number of anilines is 2. The Hall–Kier alpha value is -3.39. The lowest BCUT2D eigenvalue weighted by molar-refractivity contribution is -0.147. The first-order valence-electron chi connectivity index (χ1n) is 9.79. The molecule has 0 aliphatic carbocycles. The fourth-order valence-corrected chi connectivity index (χ4v) is 2.99. The molecule has 3 rings (SSSR count). The molecule has 0 aromatic heterocycles. The van der Waals surface area contributed by atoms with E-state index >= 15 is 0 Å². The summed E-state index contributed by atoms with van der Waals surface area (Å²) in [7, 11) is 0. The maximum absolute atomic E-state index is 12.0. The molecule has 1 saturated heterocycles. The number of benzene rings is 2. The van der Waals surface area contributed by atoms with Gasteiger partial charge in [0.05, 0.1) is 19.6 Å². The molecule has 158 valence electrons. The summed E-state index contributed by atoms with van der Waals surface area (Å²) in [6, 6.07) is 16.7. The summed E-state index contributed by atoms with van der Waals surface area (Å²) in [6.07, 6.45) is 0.176. The average Bonchev–Trinajstić information content (AvgIpc) is 2.78. The van der Waals surface area contributed by atoms with Crippen LogP contribution in [-0.4, -0.2) is 57.2 Å². The highest BCUT2D eigenvalue weighted by Gasteiger charge is 2.12. The predicted octanol–water partition coefficient (Wildman–Crippen LogP) is 1.36. The van der Waals surface area contributed by atoms with Crippen LogP contribution in [0.3, 0.4) is 0 Å². The van der Waals surface area contributed by atoms with Crippen LogP contribution in [-0.2, 0) is 30.3 Å². The molecule has 0 spiro atoms. The highest BCUT2D eigenvalue weighted by Crippen LogP contribution is 2.18. The van der Waals surface area contributed by atoms with E-state index in [0.717, 1.165) is 24.3 Å². The van der Waals surface area contributed by atoms with E-state index in [1.807, 2.05) is 42.5 Å². The zero-order valence-electron chi connectivity index (χ0n) is 16.6. The molecule has 1 aliphatic rings. The Bertz CT molecular complexity index is 849. The number of carbonyl (C=O) groups excluding carboxylic acids is 3. The number of nitrogens with zero attached hydrogens (tertiary/aromatic N) is 1. The highest BCUT2D eigenvalue weighted by molar-refractivity contribution is 5.93. The lowest BCUT2D eigenvalue weighted by Crippen LogP contribution is -2.36. The van der Waals surface area contributed by atoms with E-state index in [0.29, 0.717) is 18.9 Å². The third-order valence-electron chi connectivity index (χ3n) is 4.53. The first-order chi connectivity index (χ1) is 14.6. The van der Waals surface area contributed by atoms with Crippen LogP contribution in [0, 0.1) is 0 Å². The van der Waals surface area contributed by atoms with Crippen molar-refractivity contribution in [2.75, 3.05) is 49.7 Å². The zero-order valence-corrected chi connectivity index (χ0v) is 16.6. The van der Waals surface area contributed by atoms with E-state index in [-0.39, 0.29) is 18.9 Å². The Morgan fingerprint density at radius 3 is 2.33 bits per heavy atom. The second-order valence-corrected chi connectivity index (χ2v) is 6.79. The van der Waals surface area contributed by atoms with E-state index in [4.69, 9.17) is 9.47 Å². The van der Waals surface area contributed by atoms with E-state index in [2.05, 4.69) is 15.5 Å². The molecular formula is C22H25N3O5. The molecule has 0 radical (unpaired) electrons. The number of rotatable bonds is 8. The van der Waals surface area contributed by atoms with Crippen LogP contribution in [0.2, 0.25) is 0 Å². The minimum absolute atomic E-state index is 0.176. The molecule has 0 saturated carbocycles. The molecule has 30 heavy (non-hydrogen) atoms. The molecule has 8 heteroatoms. The van der Waals surface area contributed by atoms with Crippen molar-refractivity contribution in [2.24, 2.45) is 0 Å². The summed E-state index contributed by atoms with van der Waals surface area (Å²) in [5.74, 6) is -1.41. The van der Waals surface area contributed by atoms with Gasteiger partial charge in [0.25, 0.3) is 5.91 Å². The quantitative estimate of drug-likeness (QED) is 0.637. The van der Waals surface area contributed by atoms with Crippen molar-refractivity contribution in [1.82, 2.24) is 5.32 Å². The number of carbonyl (C=O) groups is 3. The summed E-state index contributed by atoms with van der Waals surface area (Å²) in [5, 5.41) is 5.16. The van der Waals surface area contributed by atoms with Crippen LogP contribution >= 0.6 is 0 Å². The molecule has 1 fully saturated rings. The van der Waals surface area contributed by atoms with Crippen LogP contribution in [0.4, 0.5) is 11.4 Å². The first-order valence-corrected chi connectivity index (χ1v) is 9.79. The number of amides is 2. The standard InChI is InChI=1S/C22H25N3O5/c26-20(14-17-4-2-1-3-5-17)23-15-22(28)30-16-21(27)24-18-6-8-19(9-7-18)25-10-12-29-13-11-25/h1-9H,10-16H2,(H,23,26)(H,24,27). The fraction of sp³-hybridized carbons (Fsp3) is 0.318. The van der Waals surface area contributed by atoms with Gasteiger partial charge in [-0.15, -0.1) is 0 Å². The Morgan fingerprint density at radius 1 is 0.933 bits per heavy atom. The molecule has 2 amide bonds. The maximum atomic E-state index is 12.0. The number of hydrogen-bond acceptors (Lipinski definition) is 6. The van der Waals surface area contributed by atoms with Crippen LogP contribution in [0.25, 0.3) is 0 Å². The number of hydrogen-bond donors (Lipinski definition) is 2. The minimum atomic E-state index is -0.672. The van der Waals surface area contributed by atoms with E-state index in [9.17, 15) is 14.4 Å². The van der Waals surface area contributed by atoms with Gasteiger partial charge in [0.2, 0.25) is 5.91 Å². The minimum Gasteiger partial charge on any atom is -0.454 e. The molecule has 1 heterocycles. The third kappa shape index (κ3) is 6.89. The van der Waals surface area contributed by atoms with Gasteiger partial charge in [0, 0.05) is 24.5 Å². The molecule has 0 atom stereocenters. The number of ether oxygens (including phenoxy) is 2. The van der Waals surface area contributed by atoms with Crippen molar-refractivity contribution in [3.05, 3.63) is 60.2 Å². The molecule has 2 N–H and O–H groups in total. The largest absolute Gasteiger partial charge is 0.454 e. The van der Waals surface area contributed by atoms with E-state index < -0.39 is 18.5 Å². The van der Waals surface area contributed by atoms with Crippen LogP contribution < -0.4 is 15.5 Å². The third-order valence-corrected chi connectivity index (χ3v) is 4.53. The predicted molar refractivity (Wildman–Crippen MR) is 112 cm³/mol. The van der Waals surface area contributed by atoms with Gasteiger partial charge in [-0.1, -0.05) is 30.3 Å². The van der Waals surface area contributed by atoms with Crippen molar-refractivity contribution >= 4 is 29.2 Å². The van der Waals surface area contributed by atoms with Gasteiger partial charge < -0.3 is 25.0 Å². The molecule has 2 aromatic rings. The summed E-state index contributed by atoms with van der Waals surface area (Å²) < 4.78 is 10.2. The fourth-order valence-electron chi connectivity index (χ4n) is 2.99. The van der Waals surface area contributed by atoms with Crippen molar-refractivity contribution in [3.8, 4) is 0 Å². The number of esters is 1. The Morgan fingerprint density at radius 2 is 1.63 bits per heavy atom. The van der Waals surface area contributed by atoms with E-state index in [1.165, 1.54) is 0 Å². The van der Waals surface area contributed by atoms with Gasteiger partial charge in [0.1, 0.15) is 6.54 Å². The van der Waals surface area contributed by atoms with Gasteiger partial charge in [-0.25, -0.2) is 0 Å². The summed E-state index contributed by atoms with van der Waals surface area (Å²) in [6.45, 7) is 2.38. The van der Waals surface area contributed by atoms with Gasteiger partial charge in [-0.3, -0.25) is 14.4 Å². The van der Waals surface area contributed by atoms with Gasteiger partial charge in [0.15, 0.2) is 6.61 Å². The van der Waals surface area contributed by atoms with Crippen LogP contribution in [0.5, 0.6) is 0 Å². The second kappa shape index (κ2) is 11.0. The Balaban J connectivity index is 1.34. The molecular weight excluding hydrogens is 386 g/mol. The average molecular weight is 411 g/mol. The molecule has 0 bridgehead atoms. The molecule has 8 nitrogen and oxygen atoms in total. The Labute approximate surface area is 175 Å². The van der Waals surface area contributed by atoms with Crippen LogP contribution in [0.1, 0.15) is 5.56 Å². The maximum Gasteiger partial charge on any atom is 0.325 e. The van der Waals surface area contributed by atoms with Crippen molar-refractivity contribution in [2.45, 2.75) is 6.42 Å². The summed E-state index contributed by atoms with van der Waals surface area (Å²) >= 11 is 0. The summed E-state index contributed by atoms with van der Waals surface area (Å²) in [5.41, 5.74) is 2.53. The van der Waals surface area contributed by atoms with Crippen LogP contribution in [0.15, 0.2) is 54.6 Å². The van der Waals surface area contributed by atoms with Gasteiger partial charge in [-0.2, -0.15) is 0 Å². The van der Waals surface area contributed by atoms with Gasteiger partial charge in [-0.05, 0) is 29.8 Å². The highest BCUT2D eigenvalue weighted by atomic mass is 16.5. The molecule has 1 aliphatic heterocycles. The smallest absolute Gasteiger partial charge is 0.325 e. The molecule has 0 unspecified atom stereocenters. The SMILES string of the molecule is O=C(Cc1ccccc1)NCC(=O)OCC(=O)Nc1ccc(N2CCOCC2)cc1. The van der Waals surface area contributed by atoms with E-state index in [1.54, 1.807) is 12.1 Å². The number of nitrogens with one attached hydrogen (secondary N) is 2. The summed E-state index contributed by atoms with van der Waals surface area (Å²) in [4.78, 5) is 37.8. The van der Waals surface area contributed by atoms with Crippen molar-refractivity contribution in [1.29, 1.82) is 0 Å². The zero-order chi connectivity index (χ0) is 21.2. The van der Waals surface area contributed by atoms with Crippen molar-refractivity contribution < 1.29 is 23.9 Å². The van der Waals surface area contributed by atoms with Crippen molar-refractivity contribution in [3.63, 3.8) is 0 Å². The van der Waals surface area contributed by atoms with Gasteiger partial charge >= 0.3 is 5.97 Å². The lowest BCUT2D eigenvalue weighted by atomic mass is 10.1. The molecule has 2 aromatic carbocycles. The monoisotopic (exact) mass is 411 g/mol.